The summed E-state index contributed by atoms with van der Waals surface area (Å²) in [6.45, 7) is 7.05. The van der Waals surface area contributed by atoms with Crippen LogP contribution in [0.4, 0.5) is 0 Å². The Balaban J connectivity index is 2.47. The molecule has 0 bridgehead atoms. The third-order valence-electron chi connectivity index (χ3n) is 5.23. The Bertz CT molecular complexity index is 699. The zero-order valence-electron chi connectivity index (χ0n) is 17.0. The fourth-order valence-corrected chi connectivity index (χ4v) is 3.55. The molecule has 0 aromatic carbocycles. The molecule has 0 aliphatic carbocycles. The van der Waals surface area contributed by atoms with Gasteiger partial charge in [0, 0.05) is 7.05 Å². The summed E-state index contributed by atoms with van der Waals surface area (Å²) >= 11 is 0. The van der Waals surface area contributed by atoms with Crippen molar-refractivity contribution in [2.75, 3.05) is 7.05 Å². The lowest BCUT2D eigenvalue weighted by Crippen LogP contribution is -2.54. The second-order valence-electron chi connectivity index (χ2n) is 7.73. The lowest BCUT2D eigenvalue weighted by Gasteiger charge is -2.39. The fourth-order valence-electron chi connectivity index (χ4n) is 3.55. The van der Waals surface area contributed by atoms with Crippen molar-refractivity contribution in [3.63, 3.8) is 0 Å². The molecule has 0 aromatic rings. The van der Waals surface area contributed by atoms with Gasteiger partial charge in [-0.05, 0) is 31.8 Å². The molecule has 0 saturated carbocycles. The Morgan fingerprint density at radius 3 is 2.46 bits per heavy atom. The molecule has 8 nitrogen and oxygen atoms in total. The number of amides is 2. The number of nitrogens with one attached hydrogen (secondary N) is 1. The third-order valence-corrected chi connectivity index (χ3v) is 5.23. The molecule has 5 atom stereocenters. The number of carbonyl (C=O) groups excluding carboxylic acids is 3. The molecule has 5 unspecified atom stereocenters. The minimum absolute atomic E-state index is 0.120. The molecule has 2 saturated heterocycles. The maximum atomic E-state index is 13.1. The molecule has 2 aliphatic heterocycles. The van der Waals surface area contributed by atoms with Crippen molar-refractivity contribution in [3.05, 3.63) is 23.5 Å². The van der Waals surface area contributed by atoms with Gasteiger partial charge in [0.15, 0.2) is 5.78 Å². The van der Waals surface area contributed by atoms with E-state index in [1.807, 2.05) is 13.8 Å². The Hall–Kier alpha value is -2.19. The van der Waals surface area contributed by atoms with E-state index in [1.54, 1.807) is 19.9 Å². The van der Waals surface area contributed by atoms with Gasteiger partial charge in [-0.2, -0.15) is 0 Å². The molecule has 2 amide bonds. The van der Waals surface area contributed by atoms with Crippen molar-refractivity contribution in [3.8, 4) is 0 Å². The van der Waals surface area contributed by atoms with E-state index < -0.39 is 53.8 Å². The first-order chi connectivity index (χ1) is 13.1. The molecule has 3 N–H and O–H groups in total. The van der Waals surface area contributed by atoms with E-state index in [-0.39, 0.29) is 11.5 Å². The van der Waals surface area contributed by atoms with Crippen molar-refractivity contribution >= 4 is 17.6 Å². The number of hydrogen-bond acceptors (Lipinski definition) is 6. The summed E-state index contributed by atoms with van der Waals surface area (Å²) < 4.78 is 5.77. The van der Waals surface area contributed by atoms with Gasteiger partial charge in [0.2, 0.25) is 5.91 Å². The minimum atomic E-state index is -1.08. The Morgan fingerprint density at radius 2 is 1.93 bits per heavy atom. The lowest BCUT2D eigenvalue weighted by atomic mass is 9.94. The number of hydrogen-bond donors (Lipinski definition) is 3. The second-order valence-corrected chi connectivity index (χ2v) is 7.73. The van der Waals surface area contributed by atoms with Gasteiger partial charge < -0.3 is 25.2 Å². The number of aliphatic hydroxyl groups excluding tert-OH is 2. The topological polar surface area (TPSA) is 116 Å². The zero-order valence-corrected chi connectivity index (χ0v) is 17.0. The molecule has 8 heteroatoms. The van der Waals surface area contributed by atoms with Crippen LogP contribution in [0.3, 0.4) is 0 Å². The number of aliphatic hydroxyl groups is 2. The average molecular weight is 394 g/mol. The van der Waals surface area contributed by atoms with Crippen molar-refractivity contribution in [1.29, 1.82) is 0 Å². The highest BCUT2D eigenvalue weighted by atomic mass is 16.5. The van der Waals surface area contributed by atoms with Crippen molar-refractivity contribution < 1.29 is 29.3 Å². The maximum Gasteiger partial charge on any atom is 0.264 e. The third kappa shape index (κ3) is 4.28. The summed E-state index contributed by atoms with van der Waals surface area (Å²) in [5, 5.41) is 22.8. The summed E-state index contributed by atoms with van der Waals surface area (Å²) in [5.41, 5.74) is -0.333. The van der Waals surface area contributed by atoms with E-state index in [4.69, 9.17) is 4.74 Å². The first-order valence-electron chi connectivity index (χ1n) is 9.63. The molecular formula is C20H30N2O6. The highest BCUT2D eigenvalue weighted by Crippen LogP contribution is 2.34. The van der Waals surface area contributed by atoms with Crippen LogP contribution in [0.5, 0.6) is 0 Å². The van der Waals surface area contributed by atoms with Gasteiger partial charge >= 0.3 is 0 Å². The quantitative estimate of drug-likeness (QED) is 0.365. The van der Waals surface area contributed by atoms with E-state index in [2.05, 4.69) is 5.32 Å². The first-order valence-corrected chi connectivity index (χ1v) is 9.63. The van der Waals surface area contributed by atoms with Gasteiger partial charge in [-0.1, -0.05) is 26.8 Å². The van der Waals surface area contributed by atoms with Crippen LogP contribution in [-0.4, -0.2) is 64.2 Å². The van der Waals surface area contributed by atoms with Crippen LogP contribution in [0.15, 0.2) is 23.5 Å². The molecule has 2 aliphatic rings. The summed E-state index contributed by atoms with van der Waals surface area (Å²) in [6.07, 6.45) is 1.83. The van der Waals surface area contributed by atoms with Crippen LogP contribution in [0.2, 0.25) is 0 Å². The van der Waals surface area contributed by atoms with Crippen LogP contribution in [-0.2, 0) is 19.1 Å². The normalized spacial score (nSPS) is 31.6. The van der Waals surface area contributed by atoms with E-state index in [1.165, 1.54) is 18.0 Å². The smallest absolute Gasteiger partial charge is 0.264 e. The van der Waals surface area contributed by atoms with Crippen LogP contribution < -0.4 is 5.32 Å². The van der Waals surface area contributed by atoms with Gasteiger partial charge in [0.05, 0.1) is 18.1 Å². The van der Waals surface area contributed by atoms with Crippen molar-refractivity contribution in [2.24, 2.45) is 11.8 Å². The number of Topliss-reactive ketones (excluding diaryl/α,β-unsaturated/α-hetero) is 1. The molecular weight excluding hydrogens is 364 g/mol. The lowest BCUT2D eigenvalue weighted by molar-refractivity contribution is -0.181. The largest absolute Gasteiger partial charge is 0.507 e. The van der Waals surface area contributed by atoms with Gasteiger partial charge in [0.1, 0.15) is 23.6 Å². The van der Waals surface area contributed by atoms with E-state index in [0.29, 0.717) is 12.8 Å². The molecule has 156 valence electrons. The summed E-state index contributed by atoms with van der Waals surface area (Å²) in [7, 11) is 1.46. The Morgan fingerprint density at radius 1 is 1.29 bits per heavy atom. The SMILES string of the molecule is CNC(=O)C(C)C1C(=O)/C(=C(O)/C=C/C(C)C)C(=O)N1C1CCC(O)C(C)O1. The van der Waals surface area contributed by atoms with E-state index in [0.717, 1.165) is 0 Å². The predicted octanol–water partition coefficient (Wildman–Crippen LogP) is 1.06. The molecule has 2 rings (SSSR count). The van der Waals surface area contributed by atoms with Gasteiger partial charge in [-0.15, -0.1) is 0 Å². The number of nitrogens with zero attached hydrogens (tertiary/aromatic N) is 1. The summed E-state index contributed by atoms with van der Waals surface area (Å²) in [5.74, 6) is -2.77. The summed E-state index contributed by atoms with van der Waals surface area (Å²) in [6, 6.07) is -1.08. The average Bonchev–Trinajstić information content (AvgIpc) is 2.91. The zero-order chi connectivity index (χ0) is 21.2. The monoisotopic (exact) mass is 394 g/mol. The first kappa shape index (κ1) is 22.1. The molecule has 2 heterocycles. The number of rotatable bonds is 5. The maximum absolute atomic E-state index is 13.1. The number of carbonyl (C=O) groups is 3. The van der Waals surface area contributed by atoms with Gasteiger partial charge in [0.25, 0.3) is 5.91 Å². The Kier molecular flexibility index (Phi) is 7.01. The molecule has 2 fully saturated rings. The van der Waals surface area contributed by atoms with Crippen molar-refractivity contribution in [2.45, 2.75) is 65.0 Å². The molecule has 0 radical (unpaired) electrons. The number of ketones is 1. The van der Waals surface area contributed by atoms with Gasteiger partial charge in [-0.25, -0.2) is 0 Å². The molecule has 28 heavy (non-hydrogen) atoms. The van der Waals surface area contributed by atoms with Crippen LogP contribution in [0.1, 0.15) is 40.5 Å². The van der Waals surface area contributed by atoms with Crippen molar-refractivity contribution in [1.82, 2.24) is 10.2 Å². The standard InChI is InChI=1S/C20H30N2O6/c1-10(2)6-7-14(24)16-18(25)17(11(3)19(26)21-5)22(20(16)27)15-9-8-13(23)12(4)28-15/h6-7,10-13,15,17,23-24H,8-9H2,1-5H3,(H,21,26)/b7-6+,16-14+. The van der Waals surface area contributed by atoms with E-state index in [9.17, 15) is 24.6 Å². The second kappa shape index (κ2) is 8.87. The highest BCUT2D eigenvalue weighted by Gasteiger charge is 2.52. The minimum Gasteiger partial charge on any atom is -0.507 e. The number of ether oxygens (including phenoxy) is 1. The van der Waals surface area contributed by atoms with Crippen LogP contribution in [0, 0.1) is 11.8 Å². The number of likely N-dealkylation sites (tertiary alicyclic amines) is 1. The van der Waals surface area contributed by atoms with Gasteiger partial charge in [-0.3, -0.25) is 14.4 Å². The highest BCUT2D eigenvalue weighted by molar-refractivity contribution is 6.27. The van der Waals surface area contributed by atoms with E-state index >= 15 is 0 Å². The fraction of sp³-hybridized carbons (Fsp3) is 0.650. The Labute approximate surface area is 165 Å². The number of allylic oxidation sites excluding steroid dienone is 2. The van der Waals surface area contributed by atoms with Crippen LogP contribution >= 0.6 is 0 Å². The van der Waals surface area contributed by atoms with Crippen LogP contribution in [0.25, 0.3) is 0 Å². The summed E-state index contributed by atoms with van der Waals surface area (Å²) in [4.78, 5) is 39.6. The molecule has 0 aromatic heterocycles. The molecule has 0 spiro atoms. The predicted molar refractivity (Wildman–Crippen MR) is 102 cm³/mol.